The number of hydrogen-bond acceptors (Lipinski definition) is 1. The third-order valence-corrected chi connectivity index (χ3v) is 13.4. The first-order chi connectivity index (χ1) is 16.4. The van der Waals surface area contributed by atoms with Gasteiger partial charge in [0, 0.05) is 12.3 Å². The highest BCUT2D eigenvalue weighted by Gasteiger charge is 2.59. The molecule has 0 bridgehead atoms. The van der Waals surface area contributed by atoms with E-state index < -0.39 is 7.26 Å². The maximum atomic E-state index is 13.0. The molecule has 0 spiro atoms. The molecule has 0 N–H and O–H groups in total. The summed E-state index contributed by atoms with van der Waals surface area (Å²) in [7, 11) is -1.80. The van der Waals surface area contributed by atoms with Gasteiger partial charge in [0.1, 0.15) is 29.0 Å². The Morgan fingerprint density at radius 3 is 1.71 bits per heavy atom. The highest BCUT2D eigenvalue weighted by atomic mass is 31.2. The molecule has 2 saturated carbocycles. The van der Waals surface area contributed by atoms with Crippen LogP contribution < -0.4 is 15.9 Å². The lowest BCUT2D eigenvalue weighted by Gasteiger charge is -2.32. The minimum Gasteiger partial charge on any atom is -0.299 e. The third-order valence-electron chi connectivity index (χ3n) is 8.91. The Bertz CT molecular complexity index is 1020. The fourth-order valence-corrected chi connectivity index (χ4v) is 12.0. The van der Waals surface area contributed by atoms with Gasteiger partial charge in [0.25, 0.3) is 0 Å². The van der Waals surface area contributed by atoms with Crippen molar-refractivity contribution in [2.24, 2.45) is 22.7 Å². The Morgan fingerprint density at radius 2 is 1.24 bits per heavy atom. The Balaban J connectivity index is 1.52. The SMILES string of the molecule is CC1(C)C[C@@]2(C)CCC(=O)[C@H]2[C@@H]1CCC[P+](c1ccccc1)(c1ccccc1)c1ccccc1. The average molecular weight is 470 g/mol. The number of Topliss-reactive ketones (excluding diaryl/α,β-unsaturated/α-hetero) is 1. The Morgan fingerprint density at radius 1 is 0.765 bits per heavy atom. The predicted molar refractivity (Wildman–Crippen MR) is 147 cm³/mol. The van der Waals surface area contributed by atoms with Crippen LogP contribution in [0.2, 0.25) is 0 Å². The molecule has 34 heavy (non-hydrogen) atoms. The summed E-state index contributed by atoms with van der Waals surface area (Å²) in [5, 5.41) is 4.37. The summed E-state index contributed by atoms with van der Waals surface area (Å²) in [5.41, 5.74) is 0.457. The van der Waals surface area contributed by atoms with Gasteiger partial charge in [0.2, 0.25) is 0 Å². The molecule has 1 nitrogen and oxygen atoms in total. The van der Waals surface area contributed by atoms with Crippen LogP contribution in [0.3, 0.4) is 0 Å². The maximum absolute atomic E-state index is 13.0. The monoisotopic (exact) mass is 469 g/mol. The van der Waals surface area contributed by atoms with E-state index in [2.05, 4.69) is 112 Å². The minimum atomic E-state index is -1.80. The fraction of sp³-hybridized carbons (Fsp3) is 0.406. The molecule has 3 aromatic rings. The lowest BCUT2D eigenvalue weighted by Crippen LogP contribution is -2.34. The summed E-state index contributed by atoms with van der Waals surface area (Å²) in [6.45, 7) is 7.23. The predicted octanol–water partition coefficient (Wildman–Crippen LogP) is 6.79. The molecule has 2 aliphatic rings. The summed E-state index contributed by atoms with van der Waals surface area (Å²) >= 11 is 0. The third kappa shape index (κ3) is 3.97. The van der Waals surface area contributed by atoms with Crippen molar-refractivity contribution in [3.63, 3.8) is 0 Å². The van der Waals surface area contributed by atoms with E-state index in [0.29, 0.717) is 11.7 Å². The van der Waals surface area contributed by atoms with Gasteiger partial charge in [0.05, 0.1) is 6.16 Å². The van der Waals surface area contributed by atoms with Crippen molar-refractivity contribution in [3.05, 3.63) is 91.0 Å². The van der Waals surface area contributed by atoms with Gasteiger partial charge in [-0.25, -0.2) is 0 Å². The van der Waals surface area contributed by atoms with Gasteiger partial charge in [0.15, 0.2) is 0 Å². The number of rotatable bonds is 7. The van der Waals surface area contributed by atoms with E-state index in [-0.39, 0.29) is 16.7 Å². The van der Waals surface area contributed by atoms with E-state index in [1.165, 1.54) is 22.3 Å². The van der Waals surface area contributed by atoms with E-state index in [4.69, 9.17) is 0 Å². The van der Waals surface area contributed by atoms with Crippen LogP contribution in [0.5, 0.6) is 0 Å². The highest BCUT2D eigenvalue weighted by molar-refractivity contribution is 7.95. The molecule has 0 radical (unpaired) electrons. The van der Waals surface area contributed by atoms with Crippen molar-refractivity contribution < 1.29 is 4.79 Å². The first-order valence-electron chi connectivity index (χ1n) is 12.9. The number of carbonyl (C=O) groups excluding carboxylic acids is 1. The Labute approximate surface area is 206 Å². The van der Waals surface area contributed by atoms with Gasteiger partial charge in [-0.3, -0.25) is 4.79 Å². The van der Waals surface area contributed by atoms with E-state index >= 15 is 0 Å². The molecule has 176 valence electrons. The molecule has 2 heteroatoms. The van der Waals surface area contributed by atoms with Crippen molar-refractivity contribution in [2.75, 3.05) is 6.16 Å². The molecule has 0 aromatic heterocycles. The lowest BCUT2D eigenvalue weighted by molar-refractivity contribution is -0.123. The van der Waals surface area contributed by atoms with Gasteiger partial charge in [-0.1, -0.05) is 75.4 Å². The molecule has 0 unspecified atom stereocenters. The molecular formula is C32H38OP+. The number of ketones is 1. The second-order valence-electron chi connectivity index (χ2n) is 11.6. The van der Waals surface area contributed by atoms with Gasteiger partial charge < -0.3 is 0 Å². The molecule has 0 saturated heterocycles. The van der Waals surface area contributed by atoms with E-state index in [1.54, 1.807) is 0 Å². The van der Waals surface area contributed by atoms with E-state index in [1.807, 2.05) is 0 Å². The quantitative estimate of drug-likeness (QED) is 0.348. The van der Waals surface area contributed by atoms with Crippen LogP contribution in [0.25, 0.3) is 0 Å². The van der Waals surface area contributed by atoms with Crippen molar-refractivity contribution in [1.29, 1.82) is 0 Å². The van der Waals surface area contributed by atoms with Crippen molar-refractivity contribution >= 4 is 29.0 Å². The Kier molecular flexibility index (Phi) is 6.28. The number of hydrogen-bond donors (Lipinski definition) is 0. The topological polar surface area (TPSA) is 17.1 Å². The van der Waals surface area contributed by atoms with Crippen LogP contribution in [0.15, 0.2) is 91.0 Å². The van der Waals surface area contributed by atoms with Crippen molar-refractivity contribution in [1.82, 2.24) is 0 Å². The van der Waals surface area contributed by atoms with Crippen molar-refractivity contribution in [3.8, 4) is 0 Å². The van der Waals surface area contributed by atoms with Gasteiger partial charge in [-0.15, -0.1) is 0 Å². The van der Waals surface area contributed by atoms with Crippen LogP contribution in [0, 0.1) is 22.7 Å². The summed E-state index contributed by atoms with van der Waals surface area (Å²) in [4.78, 5) is 13.0. The molecule has 0 amide bonds. The number of carbonyl (C=O) groups is 1. The second-order valence-corrected chi connectivity index (χ2v) is 15.2. The molecule has 5 rings (SSSR count). The molecule has 2 fully saturated rings. The summed E-state index contributed by atoms with van der Waals surface area (Å²) in [6, 6.07) is 33.6. The summed E-state index contributed by atoms with van der Waals surface area (Å²) in [6.07, 6.45) is 6.52. The fourth-order valence-electron chi connectivity index (χ4n) is 7.63. The molecular weight excluding hydrogens is 431 g/mol. The summed E-state index contributed by atoms with van der Waals surface area (Å²) < 4.78 is 0. The van der Waals surface area contributed by atoms with Gasteiger partial charge in [-0.05, 0) is 78.8 Å². The molecule has 3 aromatic carbocycles. The van der Waals surface area contributed by atoms with Crippen LogP contribution in [0.1, 0.15) is 52.9 Å². The largest absolute Gasteiger partial charge is 0.299 e. The molecule has 0 aliphatic heterocycles. The smallest absolute Gasteiger partial charge is 0.136 e. The minimum absolute atomic E-state index is 0.218. The number of benzene rings is 3. The van der Waals surface area contributed by atoms with Gasteiger partial charge in [-0.2, -0.15) is 0 Å². The van der Waals surface area contributed by atoms with Crippen LogP contribution in [-0.4, -0.2) is 11.9 Å². The first kappa shape index (κ1) is 23.5. The highest BCUT2D eigenvalue weighted by Crippen LogP contribution is 2.64. The first-order valence-corrected chi connectivity index (χ1v) is 14.9. The van der Waals surface area contributed by atoms with E-state index in [9.17, 15) is 4.79 Å². The van der Waals surface area contributed by atoms with Crippen LogP contribution in [0.4, 0.5) is 0 Å². The van der Waals surface area contributed by atoms with Gasteiger partial charge >= 0.3 is 0 Å². The molecule has 3 atom stereocenters. The van der Waals surface area contributed by atoms with Crippen LogP contribution in [-0.2, 0) is 4.79 Å². The zero-order valence-electron chi connectivity index (χ0n) is 20.9. The Hall–Kier alpha value is -2.24. The van der Waals surface area contributed by atoms with Crippen molar-refractivity contribution in [2.45, 2.75) is 52.9 Å². The van der Waals surface area contributed by atoms with Crippen LogP contribution >= 0.6 is 7.26 Å². The second kappa shape index (κ2) is 9.09. The van der Waals surface area contributed by atoms with E-state index in [0.717, 1.165) is 31.8 Å². The molecule has 0 heterocycles. The summed E-state index contributed by atoms with van der Waals surface area (Å²) in [5.74, 6) is 1.30. The zero-order chi connectivity index (χ0) is 23.8. The number of fused-ring (bicyclic) bond motifs is 1. The lowest BCUT2D eigenvalue weighted by atomic mass is 9.75. The maximum Gasteiger partial charge on any atom is 0.136 e. The average Bonchev–Trinajstić information content (AvgIpc) is 3.25. The standard InChI is InChI=1S/C32H38OP/c1-31(2)24-32(3)22-21-29(33)30(32)28(31)20-13-23-34(25-14-7-4-8-15-25,26-16-9-5-10-17-26)27-18-11-6-12-19-27/h4-12,14-19,28,30H,13,20-24H2,1-3H3/q+1/t28-,30+,32+/m0/s1. The zero-order valence-corrected chi connectivity index (χ0v) is 21.8. The normalized spacial score (nSPS) is 25.9. The molecule has 2 aliphatic carbocycles.